The molecule has 3 N–H and O–H groups in total. The van der Waals surface area contributed by atoms with Gasteiger partial charge in [0.1, 0.15) is 12.0 Å². The zero-order valence-electron chi connectivity index (χ0n) is 20.6. The van der Waals surface area contributed by atoms with Crippen LogP contribution in [0.15, 0.2) is 71.0 Å². The summed E-state index contributed by atoms with van der Waals surface area (Å²) < 4.78 is 6.22. The van der Waals surface area contributed by atoms with E-state index in [1.54, 1.807) is 0 Å². The third kappa shape index (κ3) is 3.70. The van der Waals surface area contributed by atoms with Crippen molar-refractivity contribution >= 4 is 5.84 Å². The fraction of sp³-hybridized carbons (Fsp3) is 0.567. The average Bonchev–Trinajstić information content (AvgIpc) is 3.80. The molecule has 3 saturated carbocycles. The number of nitrogens with one attached hydrogen (secondary N) is 2. The van der Waals surface area contributed by atoms with Gasteiger partial charge in [0.2, 0.25) is 0 Å². The SMILES string of the molecule is CCCCCCOC1=CC2CC2(C2NC(C3=CC4CC4C=C3)=NC(c3ccccc3)N2)C2C(O)C12. The van der Waals surface area contributed by atoms with Gasteiger partial charge in [-0.25, -0.2) is 4.99 Å². The van der Waals surface area contributed by atoms with Crippen molar-refractivity contribution in [3.63, 3.8) is 0 Å². The minimum absolute atomic E-state index is 0.0223. The van der Waals surface area contributed by atoms with E-state index in [2.05, 4.69) is 72.2 Å². The Kier molecular flexibility index (Phi) is 5.22. The number of hydrogen-bond donors (Lipinski definition) is 3. The van der Waals surface area contributed by atoms with Gasteiger partial charge in [-0.3, -0.25) is 5.32 Å². The molecule has 0 radical (unpaired) electrons. The fourth-order valence-electron chi connectivity index (χ4n) is 7.02. The Hall–Kier alpha value is -2.37. The lowest BCUT2D eigenvalue weighted by Crippen LogP contribution is -2.57. The van der Waals surface area contributed by atoms with Crippen LogP contribution in [0.25, 0.3) is 0 Å². The molecule has 1 aromatic rings. The molecule has 0 saturated heterocycles. The van der Waals surface area contributed by atoms with E-state index in [-0.39, 0.29) is 35.7 Å². The molecule has 5 nitrogen and oxygen atoms in total. The highest BCUT2D eigenvalue weighted by Crippen LogP contribution is 2.74. The Balaban J connectivity index is 1.13. The minimum Gasteiger partial charge on any atom is -0.498 e. The lowest BCUT2D eigenvalue weighted by atomic mass is 9.86. The molecule has 0 spiro atoms. The van der Waals surface area contributed by atoms with E-state index in [0.29, 0.717) is 11.8 Å². The number of ether oxygens (including phenoxy) is 1. The van der Waals surface area contributed by atoms with E-state index in [1.807, 2.05) is 0 Å². The number of fused-ring (bicyclic) bond motifs is 4. The van der Waals surface area contributed by atoms with Gasteiger partial charge in [0.25, 0.3) is 0 Å². The number of amidine groups is 1. The molecule has 0 amide bonds. The molecule has 9 unspecified atom stereocenters. The van der Waals surface area contributed by atoms with E-state index in [9.17, 15) is 5.11 Å². The third-order valence-corrected chi connectivity index (χ3v) is 9.26. The van der Waals surface area contributed by atoms with Crippen molar-refractivity contribution in [1.29, 1.82) is 0 Å². The maximum absolute atomic E-state index is 11.0. The van der Waals surface area contributed by atoms with Crippen LogP contribution in [0.5, 0.6) is 0 Å². The molecule has 9 atom stereocenters. The molecule has 1 heterocycles. The van der Waals surface area contributed by atoms with Crippen molar-refractivity contribution in [3.05, 3.63) is 71.5 Å². The van der Waals surface area contributed by atoms with Crippen molar-refractivity contribution < 1.29 is 9.84 Å². The van der Waals surface area contributed by atoms with E-state index in [0.717, 1.165) is 37.0 Å². The molecular weight excluding hydrogens is 434 g/mol. The normalized spacial score (nSPS) is 41.8. The van der Waals surface area contributed by atoms with Gasteiger partial charge in [-0.2, -0.15) is 0 Å². The molecule has 7 rings (SSSR count). The molecule has 3 fully saturated rings. The summed E-state index contributed by atoms with van der Waals surface area (Å²) >= 11 is 0. The quantitative estimate of drug-likeness (QED) is 0.451. The second kappa shape index (κ2) is 8.35. The van der Waals surface area contributed by atoms with Crippen LogP contribution in [-0.4, -0.2) is 29.8 Å². The average molecular weight is 472 g/mol. The molecule has 184 valence electrons. The number of nitrogens with zero attached hydrogens (tertiary/aromatic N) is 1. The van der Waals surface area contributed by atoms with Crippen LogP contribution >= 0.6 is 0 Å². The van der Waals surface area contributed by atoms with Crippen LogP contribution < -0.4 is 10.6 Å². The molecule has 5 heteroatoms. The Bertz CT molecular complexity index is 1110. The Morgan fingerprint density at radius 3 is 2.83 bits per heavy atom. The number of benzene rings is 1. The summed E-state index contributed by atoms with van der Waals surface area (Å²) in [5.41, 5.74) is 2.43. The maximum atomic E-state index is 11.0. The number of aliphatic hydroxyl groups is 1. The van der Waals surface area contributed by atoms with Crippen molar-refractivity contribution in [1.82, 2.24) is 10.6 Å². The summed E-state index contributed by atoms with van der Waals surface area (Å²) in [6, 6.07) is 10.5. The van der Waals surface area contributed by atoms with Crippen LogP contribution in [0, 0.1) is 35.0 Å². The lowest BCUT2D eigenvalue weighted by molar-refractivity contribution is 0.159. The van der Waals surface area contributed by atoms with Crippen LogP contribution in [0.3, 0.4) is 0 Å². The van der Waals surface area contributed by atoms with Crippen molar-refractivity contribution in [3.8, 4) is 0 Å². The zero-order valence-corrected chi connectivity index (χ0v) is 20.6. The van der Waals surface area contributed by atoms with Gasteiger partial charge in [0.15, 0.2) is 0 Å². The van der Waals surface area contributed by atoms with Gasteiger partial charge in [-0.05, 0) is 48.7 Å². The number of aliphatic hydroxyl groups excluding tert-OH is 1. The molecule has 6 aliphatic rings. The predicted octanol–water partition coefficient (Wildman–Crippen LogP) is 4.84. The summed E-state index contributed by atoms with van der Waals surface area (Å²) in [7, 11) is 0. The van der Waals surface area contributed by atoms with E-state index >= 15 is 0 Å². The standard InChI is InChI=1S/C30H37N3O2/c1-2-3-4-8-13-35-23-16-22-17-30(22,25-24(23)26(25)34)29-32-27(18-9-6-5-7-10-18)31-28(33-29)20-12-11-19-14-21(19)15-20/h5-7,9-12,15-16,19,21-22,24-27,29,32,34H,2-4,8,13-14,17H2,1H3,(H,31,33). The molecule has 35 heavy (non-hydrogen) atoms. The molecule has 5 aliphatic carbocycles. The van der Waals surface area contributed by atoms with Crippen molar-refractivity contribution in [2.75, 3.05) is 6.61 Å². The van der Waals surface area contributed by atoms with E-state index < -0.39 is 0 Å². The Morgan fingerprint density at radius 1 is 1.11 bits per heavy atom. The zero-order chi connectivity index (χ0) is 23.6. The highest BCUT2D eigenvalue weighted by atomic mass is 16.5. The van der Waals surface area contributed by atoms with Crippen molar-refractivity contribution in [2.24, 2.45) is 40.0 Å². The Morgan fingerprint density at radius 2 is 2.00 bits per heavy atom. The smallest absolute Gasteiger partial charge is 0.131 e. The van der Waals surface area contributed by atoms with Gasteiger partial charge < -0.3 is 15.2 Å². The summed E-state index contributed by atoms with van der Waals surface area (Å²) in [6.45, 7) is 3.01. The molecule has 0 aromatic heterocycles. The van der Waals surface area contributed by atoms with Gasteiger partial charge >= 0.3 is 0 Å². The van der Waals surface area contributed by atoms with Crippen molar-refractivity contribution in [2.45, 2.75) is 63.9 Å². The maximum Gasteiger partial charge on any atom is 0.131 e. The number of allylic oxidation sites excluding steroid dienone is 3. The fourth-order valence-corrected chi connectivity index (χ4v) is 7.02. The highest BCUT2D eigenvalue weighted by Gasteiger charge is 2.77. The topological polar surface area (TPSA) is 65.9 Å². The first kappa shape index (κ1) is 21.9. The largest absolute Gasteiger partial charge is 0.498 e. The highest BCUT2D eigenvalue weighted by molar-refractivity contribution is 6.02. The second-order valence-corrected chi connectivity index (χ2v) is 11.5. The Labute approximate surface area is 208 Å². The first-order valence-corrected chi connectivity index (χ1v) is 13.8. The second-order valence-electron chi connectivity index (χ2n) is 11.5. The molecule has 1 aliphatic heterocycles. The van der Waals surface area contributed by atoms with Crippen LogP contribution in [0.4, 0.5) is 0 Å². The first-order chi connectivity index (χ1) is 17.2. The van der Waals surface area contributed by atoms with Crippen LogP contribution in [-0.2, 0) is 4.74 Å². The molecule has 0 bridgehead atoms. The van der Waals surface area contributed by atoms with Gasteiger partial charge in [-0.15, -0.1) is 0 Å². The van der Waals surface area contributed by atoms with Gasteiger partial charge in [0.05, 0.1) is 24.6 Å². The first-order valence-electron chi connectivity index (χ1n) is 13.8. The number of aliphatic imine (C=N–C) groups is 1. The van der Waals surface area contributed by atoms with Gasteiger partial charge in [-0.1, -0.05) is 74.7 Å². The molecule has 1 aromatic carbocycles. The van der Waals surface area contributed by atoms with E-state index in [1.165, 1.54) is 36.8 Å². The summed E-state index contributed by atoms with van der Waals surface area (Å²) in [4.78, 5) is 5.13. The van der Waals surface area contributed by atoms with Crippen LogP contribution in [0.2, 0.25) is 0 Å². The lowest BCUT2D eigenvalue weighted by Gasteiger charge is -2.39. The monoisotopic (exact) mass is 471 g/mol. The summed E-state index contributed by atoms with van der Waals surface area (Å²) in [5.74, 6) is 4.32. The van der Waals surface area contributed by atoms with Gasteiger partial charge in [0, 0.05) is 22.8 Å². The van der Waals surface area contributed by atoms with E-state index in [4.69, 9.17) is 9.73 Å². The number of rotatable bonds is 9. The third-order valence-electron chi connectivity index (χ3n) is 9.26. The predicted molar refractivity (Wildman–Crippen MR) is 137 cm³/mol. The summed E-state index contributed by atoms with van der Waals surface area (Å²) in [5, 5.41) is 18.7. The molecular formula is C30H37N3O2. The summed E-state index contributed by atoms with van der Waals surface area (Å²) in [6.07, 6.45) is 16.2. The number of unbranched alkanes of at least 4 members (excludes halogenated alkanes) is 3. The van der Waals surface area contributed by atoms with Crippen LogP contribution in [0.1, 0.15) is 57.2 Å². The number of hydrogen-bond acceptors (Lipinski definition) is 5. The minimum atomic E-state index is -0.300.